The summed E-state index contributed by atoms with van der Waals surface area (Å²) in [6.45, 7) is -0.392. The highest BCUT2D eigenvalue weighted by molar-refractivity contribution is 5.75. The van der Waals surface area contributed by atoms with E-state index in [0.29, 0.717) is 19.3 Å². The average Bonchev–Trinajstić information content (AvgIpc) is 2.38. The van der Waals surface area contributed by atoms with E-state index in [1.165, 1.54) is 5.56 Å². The van der Waals surface area contributed by atoms with Crippen molar-refractivity contribution in [1.82, 2.24) is 0 Å². The fraction of sp³-hybridized carbons (Fsp3) is 0.500. The number of rotatable bonds is 4. The molecule has 18 heavy (non-hydrogen) atoms. The highest BCUT2D eigenvalue weighted by atomic mass is 16.4. The Hall–Kier alpha value is -1.39. The molecule has 1 aliphatic carbocycles. The third kappa shape index (κ3) is 2.40. The maximum atomic E-state index is 11.5. The minimum atomic E-state index is -0.966. The molecule has 2 rings (SSSR count). The fourth-order valence-corrected chi connectivity index (χ4v) is 2.76. The molecular formula is C14H18O4. The lowest BCUT2D eigenvalue weighted by atomic mass is 9.68. The Balaban J connectivity index is 2.27. The van der Waals surface area contributed by atoms with Crippen LogP contribution in [-0.2, 0) is 17.6 Å². The summed E-state index contributed by atoms with van der Waals surface area (Å²) >= 11 is 0. The molecule has 1 aliphatic rings. The summed E-state index contributed by atoms with van der Waals surface area (Å²) in [5, 5.41) is 27.9. The molecule has 0 amide bonds. The number of carboxylic acid groups (broad SMARTS) is 1. The SMILES string of the molecule is O=C(O)C1(CC(O)CO)CCc2ccccc2C1. The molecule has 0 aromatic heterocycles. The van der Waals surface area contributed by atoms with Gasteiger partial charge in [-0.05, 0) is 36.8 Å². The van der Waals surface area contributed by atoms with Gasteiger partial charge in [0, 0.05) is 0 Å². The molecule has 2 atom stereocenters. The number of aliphatic hydroxyl groups is 2. The molecule has 0 saturated carbocycles. The van der Waals surface area contributed by atoms with Crippen LogP contribution in [-0.4, -0.2) is 34.0 Å². The van der Waals surface area contributed by atoms with E-state index >= 15 is 0 Å². The lowest BCUT2D eigenvalue weighted by molar-refractivity contribution is -0.152. The molecule has 4 nitrogen and oxygen atoms in total. The molecule has 1 aromatic carbocycles. The van der Waals surface area contributed by atoms with Crippen LogP contribution in [0, 0.1) is 5.41 Å². The number of benzene rings is 1. The van der Waals surface area contributed by atoms with Gasteiger partial charge < -0.3 is 15.3 Å². The Kier molecular flexibility index (Phi) is 3.68. The first-order valence-corrected chi connectivity index (χ1v) is 6.16. The van der Waals surface area contributed by atoms with Gasteiger partial charge in [0.1, 0.15) is 0 Å². The van der Waals surface area contributed by atoms with Gasteiger partial charge in [0.05, 0.1) is 18.1 Å². The smallest absolute Gasteiger partial charge is 0.310 e. The van der Waals surface area contributed by atoms with Gasteiger partial charge in [0.25, 0.3) is 0 Å². The van der Waals surface area contributed by atoms with Crippen molar-refractivity contribution in [1.29, 1.82) is 0 Å². The number of carboxylic acids is 1. The standard InChI is InChI=1S/C14H18O4/c15-9-12(16)8-14(13(17)18)6-5-10-3-1-2-4-11(10)7-14/h1-4,12,15-16H,5-9H2,(H,17,18). The topological polar surface area (TPSA) is 77.8 Å². The Morgan fingerprint density at radius 1 is 1.33 bits per heavy atom. The van der Waals surface area contributed by atoms with Gasteiger partial charge in [-0.15, -0.1) is 0 Å². The van der Waals surface area contributed by atoms with Crippen LogP contribution in [0.3, 0.4) is 0 Å². The van der Waals surface area contributed by atoms with E-state index in [2.05, 4.69) is 0 Å². The van der Waals surface area contributed by atoms with Crippen LogP contribution in [0.15, 0.2) is 24.3 Å². The lowest BCUT2D eigenvalue weighted by Crippen LogP contribution is -2.40. The summed E-state index contributed by atoms with van der Waals surface area (Å²) in [5.41, 5.74) is 1.28. The monoisotopic (exact) mass is 250 g/mol. The number of hydrogen-bond acceptors (Lipinski definition) is 3. The van der Waals surface area contributed by atoms with Crippen LogP contribution in [0.4, 0.5) is 0 Å². The van der Waals surface area contributed by atoms with Crippen molar-refractivity contribution in [3.05, 3.63) is 35.4 Å². The Bertz CT molecular complexity index is 443. The van der Waals surface area contributed by atoms with Crippen molar-refractivity contribution < 1.29 is 20.1 Å². The summed E-state index contributed by atoms with van der Waals surface area (Å²) in [4.78, 5) is 11.5. The van der Waals surface area contributed by atoms with Crippen LogP contribution in [0.25, 0.3) is 0 Å². The normalized spacial score (nSPS) is 24.3. The maximum Gasteiger partial charge on any atom is 0.310 e. The van der Waals surface area contributed by atoms with Crippen molar-refractivity contribution in [2.45, 2.75) is 31.8 Å². The predicted molar refractivity (Wildman–Crippen MR) is 66.2 cm³/mol. The molecule has 2 unspecified atom stereocenters. The maximum absolute atomic E-state index is 11.5. The summed E-state index contributed by atoms with van der Waals surface area (Å²) in [5.74, 6) is -0.885. The zero-order valence-electron chi connectivity index (χ0n) is 10.2. The minimum Gasteiger partial charge on any atom is -0.481 e. The number of aryl methyl sites for hydroxylation is 1. The van der Waals surface area contributed by atoms with Crippen LogP contribution in [0.1, 0.15) is 24.0 Å². The second kappa shape index (κ2) is 5.08. The minimum absolute atomic E-state index is 0.104. The largest absolute Gasteiger partial charge is 0.481 e. The molecular weight excluding hydrogens is 232 g/mol. The first-order valence-electron chi connectivity index (χ1n) is 6.16. The molecule has 4 heteroatoms. The third-order valence-electron chi connectivity index (χ3n) is 3.81. The molecule has 3 N–H and O–H groups in total. The fourth-order valence-electron chi connectivity index (χ4n) is 2.76. The summed E-state index contributed by atoms with van der Waals surface area (Å²) in [6.07, 6.45) is 0.783. The quantitative estimate of drug-likeness (QED) is 0.744. The average molecular weight is 250 g/mol. The van der Waals surface area contributed by atoms with Crippen LogP contribution in [0.5, 0.6) is 0 Å². The molecule has 0 saturated heterocycles. The number of aliphatic hydroxyl groups excluding tert-OH is 2. The van der Waals surface area contributed by atoms with Crippen molar-refractivity contribution in [3.63, 3.8) is 0 Å². The van der Waals surface area contributed by atoms with Crippen molar-refractivity contribution in [2.24, 2.45) is 5.41 Å². The summed E-state index contributed by atoms with van der Waals surface area (Å²) in [7, 11) is 0. The molecule has 98 valence electrons. The summed E-state index contributed by atoms with van der Waals surface area (Å²) in [6, 6.07) is 7.81. The van der Waals surface area contributed by atoms with Gasteiger partial charge in [0.15, 0.2) is 0 Å². The molecule has 0 fully saturated rings. The van der Waals surface area contributed by atoms with Gasteiger partial charge in [0.2, 0.25) is 0 Å². The Morgan fingerprint density at radius 2 is 2.00 bits per heavy atom. The van der Waals surface area contributed by atoms with Gasteiger partial charge >= 0.3 is 5.97 Å². The third-order valence-corrected chi connectivity index (χ3v) is 3.81. The Labute approximate surface area is 106 Å². The molecule has 0 radical (unpaired) electrons. The highest BCUT2D eigenvalue weighted by Crippen LogP contribution is 2.39. The van der Waals surface area contributed by atoms with E-state index < -0.39 is 24.1 Å². The van der Waals surface area contributed by atoms with E-state index in [-0.39, 0.29) is 6.42 Å². The van der Waals surface area contributed by atoms with Crippen LogP contribution >= 0.6 is 0 Å². The highest BCUT2D eigenvalue weighted by Gasteiger charge is 2.42. The van der Waals surface area contributed by atoms with Gasteiger partial charge in [-0.2, -0.15) is 0 Å². The van der Waals surface area contributed by atoms with E-state index in [9.17, 15) is 15.0 Å². The lowest BCUT2D eigenvalue weighted by Gasteiger charge is -2.35. The van der Waals surface area contributed by atoms with E-state index in [1.807, 2.05) is 24.3 Å². The zero-order chi connectivity index (χ0) is 13.2. The molecule has 0 spiro atoms. The number of fused-ring (bicyclic) bond motifs is 1. The molecule has 1 aromatic rings. The first kappa shape index (κ1) is 13.1. The first-order chi connectivity index (χ1) is 8.57. The number of aliphatic carboxylic acids is 1. The zero-order valence-corrected chi connectivity index (χ0v) is 10.2. The van der Waals surface area contributed by atoms with Crippen molar-refractivity contribution in [2.75, 3.05) is 6.61 Å². The number of carbonyl (C=O) groups is 1. The summed E-state index contributed by atoms with van der Waals surface area (Å²) < 4.78 is 0. The predicted octanol–water partition coefficient (Wildman–Crippen LogP) is 0.990. The van der Waals surface area contributed by atoms with Crippen LogP contribution in [0.2, 0.25) is 0 Å². The Morgan fingerprint density at radius 3 is 2.61 bits per heavy atom. The van der Waals surface area contributed by atoms with Gasteiger partial charge in [-0.1, -0.05) is 24.3 Å². The molecule has 0 aliphatic heterocycles. The van der Waals surface area contributed by atoms with Crippen molar-refractivity contribution in [3.8, 4) is 0 Å². The van der Waals surface area contributed by atoms with E-state index in [4.69, 9.17) is 5.11 Å². The van der Waals surface area contributed by atoms with E-state index in [1.54, 1.807) is 0 Å². The second-order valence-corrected chi connectivity index (χ2v) is 5.07. The molecule has 0 heterocycles. The van der Waals surface area contributed by atoms with Crippen molar-refractivity contribution >= 4 is 5.97 Å². The number of hydrogen-bond donors (Lipinski definition) is 3. The molecule has 0 bridgehead atoms. The van der Waals surface area contributed by atoms with E-state index in [0.717, 1.165) is 5.56 Å². The van der Waals surface area contributed by atoms with Gasteiger partial charge in [-0.25, -0.2) is 0 Å². The van der Waals surface area contributed by atoms with Gasteiger partial charge in [-0.3, -0.25) is 4.79 Å². The van der Waals surface area contributed by atoms with Crippen LogP contribution < -0.4 is 0 Å². The second-order valence-electron chi connectivity index (χ2n) is 5.07.